The van der Waals surface area contributed by atoms with E-state index in [2.05, 4.69) is 48.9 Å². The number of unbranched alkanes of at least 4 members (excludes halogenated alkanes) is 1. The van der Waals surface area contributed by atoms with E-state index < -0.39 is 0 Å². The van der Waals surface area contributed by atoms with Gasteiger partial charge in [0.25, 0.3) is 0 Å². The van der Waals surface area contributed by atoms with Gasteiger partial charge in [-0.3, -0.25) is 0 Å². The maximum atomic E-state index is 5.20. The Morgan fingerprint density at radius 3 is 2.69 bits per heavy atom. The van der Waals surface area contributed by atoms with Crippen LogP contribution in [0.3, 0.4) is 0 Å². The third-order valence-electron chi connectivity index (χ3n) is 2.43. The maximum Gasteiger partial charge on any atom is 0.0127 e. The Morgan fingerprint density at radius 1 is 1.31 bits per heavy atom. The molecule has 0 saturated heterocycles. The van der Waals surface area contributed by atoms with E-state index in [1.165, 1.54) is 11.1 Å². The zero-order chi connectivity index (χ0) is 11.6. The first kappa shape index (κ1) is 12.4. The van der Waals surface area contributed by atoms with Gasteiger partial charge < -0.3 is 0 Å². The predicted molar refractivity (Wildman–Crippen MR) is 70.1 cm³/mol. The van der Waals surface area contributed by atoms with Crippen molar-refractivity contribution in [2.75, 3.05) is 0 Å². The Labute approximate surface area is 98.7 Å². The van der Waals surface area contributed by atoms with Gasteiger partial charge in [0, 0.05) is 12.8 Å². The standard InChI is InChI=1S/C16H18/c1-3-5-6-8-11-15(4-2)14-16-12-9-7-10-13-16/h1,7-10,12-13H,4-6,14H2,2H3. The van der Waals surface area contributed by atoms with Gasteiger partial charge in [0.1, 0.15) is 0 Å². The highest BCUT2D eigenvalue weighted by Gasteiger charge is 1.95. The Hall–Kier alpha value is -1.70. The monoisotopic (exact) mass is 210 g/mol. The molecule has 0 aliphatic rings. The molecule has 0 amide bonds. The van der Waals surface area contributed by atoms with E-state index in [1.807, 2.05) is 6.07 Å². The predicted octanol–water partition coefficient (Wildman–Crippen LogP) is 4.13. The maximum absolute atomic E-state index is 5.20. The lowest BCUT2D eigenvalue weighted by Crippen LogP contribution is -1.87. The van der Waals surface area contributed by atoms with E-state index in [0.29, 0.717) is 0 Å². The number of terminal acetylenes is 1. The summed E-state index contributed by atoms with van der Waals surface area (Å²) in [5.41, 5.74) is 6.03. The molecular formula is C16H18. The summed E-state index contributed by atoms with van der Waals surface area (Å²) in [6.45, 7) is 2.17. The quantitative estimate of drug-likeness (QED) is 0.389. The summed E-state index contributed by atoms with van der Waals surface area (Å²) in [5, 5.41) is 0. The van der Waals surface area contributed by atoms with Gasteiger partial charge >= 0.3 is 0 Å². The van der Waals surface area contributed by atoms with E-state index in [-0.39, 0.29) is 0 Å². The first-order valence-corrected chi connectivity index (χ1v) is 5.77. The first-order chi connectivity index (χ1) is 7.86. The molecule has 0 nitrogen and oxygen atoms in total. The van der Waals surface area contributed by atoms with Crippen LogP contribution in [0.2, 0.25) is 0 Å². The second-order valence-electron chi connectivity index (χ2n) is 3.71. The zero-order valence-electron chi connectivity index (χ0n) is 9.87. The van der Waals surface area contributed by atoms with Gasteiger partial charge in [0.2, 0.25) is 0 Å². The van der Waals surface area contributed by atoms with Crippen LogP contribution in [0, 0.1) is 12.3 Å². The fraction of sp³-hybridized carbons (Fsp3) is 0.312. The third kappa shape index (κ3) is 4.69. The Morgan fingerprint density at radius 2 is 2.06 bits per heavy atom. The molecular weight excluding hydrogens is 192 g/mol. The molecule has 0 unspecified atom stereocenters. The highest BCUT2D eigenvalue weighted by Crippen LogP contribution is 2.09. The van der Waals surface area contributed by atoms with E-state index in [9.17, 15) is 0 Å². The third-order valence-corrected chi connectivity index (χ3v) is 2.43. The van der Waals surface area contributed by atoms with E-state index >= 15 is 0 Å². The smallest absolute Gasteiger partial charge is 0.0127 e. The molecule has 0 heterocycles. The van der Waals surface area contributed by atoms with Gasteiger partial charge in [-0.05, 0) is 30.1 Å². The lowest BCUT2D eigenvalue weighted by atomic mass is 10.0. The Bertz CT molecular complexity index is 397. The molecule has 0 radical (unpaired) electrons. The Kier molecular flexibility index (Phi) is 5.86. The summed E-state index contributed by atoms with van der Waals surface area (Å²) in [6, 6.07) is 10.5. The van der Waals surface area contributed by atoms with Crippen LogP contribution < -0.4 is 0 Å². The van der Waals surface area contributed by atoms with Crippen LogP contribution in [0.15, 0.2) is 47.7 Å². The number of benzene rings is 1. The van der Waals surface area contributed by atoms with Gasteiger partial charge in [0.15, 0.2) is 0 Å². The summed E-state index contributed by atoms with van der Waals surface area (Å²) in [5.74, 6) is 2.63. The van der Waals surface area contributed by atoms with Gasteiger partial charge in [0.05, 0.1) is 0 Å². The van der Waals surface area contributed by atoms with Crippen molar-refractivity contribution < 1.29 is 0 Å². The van der Waals surface area contributed by atoms with Crippen LogP contribution in [0.5, 0.6) is 0 Å². The second kappa shape index (κ2) is 7.57. The fourth-order valence-electron chi connectivity index (χ4n) is 1.49. The molecule has 0 heteroatoms. The molecule has 1 aromatic carbocycles. The normalized spacial score (nSPS) is 9.00. The molecule has 0 fully saturated rings. The van der Waals surface area contributed by atoms with Gasteiger partial charge in [-0.1, -0.05) is 37.3 Å². The van der Waals surface area contributed by atoms with Crippen molar-refractivity contribution >= 4 is 0 Å². The van der Waals surface area contributed by atoms with Crippen molar-refractivity contribution in [1.82, 2.24) is 0 Å². The van der Waals surface area contributed by atoms with Gasteiger partial charge in [-0.15, -0.1) is 18.1 Å². The second-order valence-corrected chi connectivity index (χ2v) is 3.71. The fourth-order valence-corrected chi connectivity index (χ4v) is 1.49. The molecule has 0 aliphatic heterocycles. The van der Waals surface area contributed by atoms with Crippen LogP contribution in [0.4, 0.5) is 0 Å². The van der Waals surface area contributed by atoms with Crippen molar-refractivity contribution in [3.63, 3.8) is 0 Å². The molecule has 1 rings (SSSR count). The van der Waals surface area contributed by atoms with Crippen LogP contribution in [-0.2, 0) is 6.42 Å². The molecule has 0 spiro atoms. The Balaban J connectivity index is 2.62. The lowest BCUT2D eigenvalue weighted by Gasteiger charge is -2.01. The van der Waals surface area contributed by atoms with Crippen LogP contribution in [0.25, 0.3) is 0 Å². The minimum absolute atomic E-state index is 0.801. The molecule has 0 bridgehead atoms. The van der Waals surface area contributed by atoms with Crippen molar-refractivity contribution in [2.45, 2.75) is 32.6 Å². The largest absolute Gasteiger partial charge is 0.126 e. The summed E-state index contributed by atoms with van der Waals surface area (Å²) in [7, 11) is 0. The molecule has 0 N–H and O–H groups in total. The highest BCUT2D eigenvalue weighted by atomic mass is 14.0. The van der Waals surface area contributed by atoms with Crippen molar-refractivity contribution in [3.05, 3.63) is 53.3 Å². The summed E-state index contributed by atoms with van der Waals surface area (Å²) >= 11 is 0. The minimum Gasteiger partial charge on any atom is -0.126 e. The van der Waals surface area contributed by atoms with Gasteiger partial charge in [-0.25, -0.2) is 0 Å². The average molecular weight is 210 g/mol. The topological polar surface area (TPSA) is 0 Å². The molecule has 0 aliphatic carbocycles. The molecule has 0 atom stereocenters. The van der Waals surface area contributed by atoms with Crippen molar-refractivity contribution in [1.29, 1.82) is 0 Å². The molecule has 0 saturated carbocycles. The molecule has 16 heavy (non-hydrogen) atoms. The number of hydrogen-bond acceptors (Lipinski definition) is 0. The van der Waals surface area contributed by atoms with Crippen molar-refractivity contribution in [3.8, 4) is 12.3 Å². The van der Waals surface area contributed by atoms with Crippen LogP contribution >= 0.6 is 0 Å². The number of hydrogen-bond donors (Lipinski definition) is 0. The summed E-state index contributed by atoms with van der Waals surface area (Å²) < 4.78 is 0. The van der Waals surface area contributed by atoms with Crippen LogP contribution in [-0.4, -0.2) is 0 Å². The highest BCUT2D eigenvalue weighted by molar-refractivity contribution is 5.21. The number of rotatable bonds is 5. The van der Waals surface area contributed by atoms with E-state index in [0.717, 1.165) is 25.7 Å². The molecule has 0 aromatic heterocycles. The summed E-state index contributed by atoms with van der Waals surface area (Å²) in [4.78, 5) is 0. The van der Waals surface area contributed by atoms with Gasteiger partial charge in [-0.2, -0.15) is 0 Å². The van der Waals surface area contributed by atoms with Crippen molar-refractivity contribution in [2.24, 2.45) is 0 Å². The summed E-state index contributed by atoms with van der Waals surface area (Å²) in [6.07, 6.45) is 11.0. The molecule has 82 valence electrons. The minimum atomic E-state index is 0.801. The van der Waals surface area contributed by atoms with Crippen LogP contribution in [0.1, 0.15) is 31.7 Å². The zero-order valence-corrected chi connectivity index (χ0v) is 9.87. The van der Waals surface area contributed by atoms with E-state index in [1.54, 1.807) is 0 Å². The SMILES string of the molecule is C#CCCC=C=C(CC)Cc1ccccc1. The average Bonchev–Trinajstić information content (AvgIpc) is 2.34. The number of allylic oxidation sites excluding steroid dienone is 1. The lowest BCUT2D eigenvalue weighted by molar-refractivity contribution is 1.00. The first-order valence-electron chi connectivity index (χ1n) is 5.77. The molecule has 1 aromatic rings. The van der Waals surface area contributed by atoms with E-state index in [4.69, 9.17) is 6.42 Å².